The second kappa shape index (κ2) is 6.78. The molecule has 1 aliphatic rings. The predicted molar refractivity (Wildman–Crippen MR) is 93.2 cm³/mol. The fourth-order valence-corrected chi connectivity index (χ4v) is 2.84. The van der Waals surface area contributed by atoms with E-state index in [0.29, 0.717) is 11.1 Å². The number of ether oxygens (including phenoxy) is 2. The average molecular weight is 339 g/mol. The average Bonchev–Trinajstić information content (AvgIpc) is 2.87. The van der Waals surface area contributed by atoms with E-state index in [-0.39, 0.29) is 18.4 Å². The van der Waals surface area contributed by atoms with Crippen molar-refractivity contribution in [3.8, 4) is 0 Å². The van der Waals surface area contributed by atoms with Crippen molar-refractivity contribution in [2.24, 2.45) is 0 Å². The third-order valence-electron chi connectivity index (χ3n) is 4.32. The summed E-state index contributed by atoms with van der Waals surface area (Å²) in [5.74, 6) is -1.43. The Labute approximate surface area is 147 Å². The summed E-state index contributed by atoms with van der Waals surface area (Å²) >= 11 is 0. The van der Waals surface area contributed by atoms with Crippen LogP contribution in [0.1, 0.15) is 46.2 Å². The van der Waals surface area contributed by atoms with Gasteiger partial charge in [0.25, 0.3) is 11.8 Å². The van der Waals surface area contributed by atoms with Gasteiger partial charge >= 0.3 is 0 Å². The number of nitrogens with zero attached hydrogens (tertiary/aromatic N) is 1. The fourth-order valence-electron chi connectivity index (χ4n) is 2.84. The Morgan fingerprint density at radius 2 is 1.44 bits per heavy atom. The molecule has 3 rings (SSSR count). The summed E-state index contributed by atoms with van der Waals surface area (Å²) in [6.45, 7) is 3.72. The van der Waals surface area contributed by atoms with Crippen molar-refractivity contribution in [3.63, 3.8) is 0 Å². The Bertz CT molecular complexity index is 750. The van der Waals surface area contributed by atoms with Gasteiger partial charge in [0.1, 0.15) is 6.10 Å². The molecule has 0 saturated carbocycles. The van der Waals surface area contributed by atoms with Crippen molar-refractivity contribution in [3.05, 3.63) is 71.3 Å². The van der Waals surface area contributed by atoms with Crippen LogP contribution in [0, 0.1) is 0 Å². The van der Waals surface area contributed by atoms with E-state index in [4.69, 9.17) is 9.47 Å². The first-order valence-electron chi connectivity index (χ1n) is 8.16. The second-order valence-electron chi connectivity index (χ2n) is 6.39. The van der Waals surface area contributed by atoms with Crippen molar-refractivity contribution in [2.75, 3.05) is 13.7 Å². The molecule has 1 unspecified atom stereocenters. The highest BCUT2D eigenvalue weighted by Gasteiger charge is 2.38. The zero-order valence-electron chi connectivity index (χ0n) is 14.6. The lowest BCUT2D eigenvalue weighted by Gasteiger charge is -2.31. The lowest BCUT2D eigenvalue weighted by atomic mass is 10.1. The van der Waals surface area contributed by atoms with Gasteiger partial charge in [-0.25, -0.2) is 0 Å². The van der Waals surface area contributed by atoms with E-state index in [0.717, 1.165) is 5.56 Å². The molecule has 2 aromatic rings. The third kappa shape index (κ3) is 3.48. The summed E-state index contributed by atoms with van der Waals surface area (Å²) in [4.78, 5) is 26.5. The molecular formula is C20H21NO4. The third-order valence-corrected chi connectivity index (χ3v) is 4.32. The van der Waals surface area contributed by atoms with Crippen molar-refractivity contribution >= 4 is 11.8 Å². The van der Waals surface area contributed by atoms with Crippen LogP contribution in [0.5, 0.6) is 0 Å². The molecule has 0 saturated heterocycles. The molecule has 0 aromatic heterocycles. The number of rotatable bonds is 6. The topological polar surface area (TPSA) is 55.8 Å². The van der Waals surface area contributed by atoms with Gasteiger partial charge in [0, 0.05) is 7.11 Å². The SMILES string of the molecule is COC(C)(C)OC(CN1C(=O)c2ccccc2C1=O)c1ccccc1. The predicted octanol–water partition coefficient (Wildman–Crippen LogP) is 3.42. The molecule has 25 heavy (non-hydrogen) atoms. The Hall–Kier alpha value is -2.50. The highest BCUT2D eigenvalue weighted by atomic mass is 16.7. The molecule has 0 N–H and O–H groups in total. The molecule has 130 valence electrons. The van der Waals surface area contributed by atoms with Gasteiger partial charge < -0.3 is 9.47 Å². The van der Waals surface area contributed by atoms with Crippen LogP contribution in [0.15, 0.2) is 54.6 Å². The molecule has 0 aliphatic carbocycles. The van der Waals surface area contributed by atoms with Crippen molar-refractivity contribution < 1.29 is 19.1 Å². The van der Waals surface area contributed by atoms with E-state index < -0.39 is 11.9 Å². The molecule has 5 heteroatoms. The molecule has 2 amide bonds. The molecule has 5 nitrogen and oxygen atoms in total. The number of benzene rings is 2. The van der Waals surface area contributed by atoms with Gasteiger partial charge in [-0.3, -0.25) is 14.5 Å². The maximum absolute atomic E-state index is 12.6. The first kappa shape index (κ1) is 17.3. The number of imide groups is 1. The van der Waals surface area contributed by atoms with Gasteiger partial charge in [0.2, 0.25) is 0 Å². The summed E-state index contributed by atoms with van der Waals surface area (Å²) in [5.41, 5.74) is 1.75. The van der Waals surface area contributed by atoms with Crippen LogP contribution in [0.2, 0.25) is 0 Å². The summed E-state index contributed by atoms with van der Waals surface area (Å²) in [6.07, 6.45) is -0.488. The Morgan fingerprint density at radius 1 is 0.920 bits per heavy atom. The number of carbonyl (C=O) groups is 2. The fraction of sp³-hybridized carbons (Fsp3) is 0.300. The molecule has 2 aromatic carbocycles. The van der Waals surface area contributed by atoms with Gasteiger partial charge in [-0.05, 0) is 31.5 Å². The molecule has 0 fully saturated rings. The van der Waals surface area contributed by atoms with Crippen molar-refractivity contribution in [1.29, 1.82) is 0 Å². The molecule has 1 atom stereocenters. The van der Waals surface area contributed by atoms with Crippen LogP contribution in [-0.2, 0) is 9.47 Å². The smallest absolute Gasteiger partial charge is 0.261 e. The van der Waals surface area contributed by atoms with Crippen LogP contribution in [0.4, 0.5) is 0 Å². The zero-order valence-corrected chi connectivity index (χ0v) is 14.6. The van der Waals surface area contributed by atoms with E-state index in [2.05, 4.69) is 0 Å². The summed E-state index contributed by atoms with van der Waals surface area (Å²) in [7, 11) is 1.56. The number of methoxy groups -OCH3 is 1. The zero-order chi connectivity index (χ0) is 18.0. The Kier molecular flexibility index (Phi) is 4.70. The van der Waals surface area contributed by atoms with E-state index >= 15 is 0 Å². The second-order valence-corrected chi connectivity index (χ2v) is 6.39. The van der Waals surface area contributed by atoms with Crippen molar-refractivity contribution in [2.45, 2.75) is 25.7 Å². The summed E-state index contributed by atoms with van der Waals surface area (Å²) < 4.78 is 11.4. The van der Waals surface area contributed by atoms with E-state index in [1.165, 1.54) is 4.90 Å². The van der Waals surface area contributed by atoms with Crippen LogP contribution in [0.25, 0.3) is 0 Å². The molecule has 1 aliphatic heterocycles. The van der Waals surface area contributed by atoms with Gasteiger partial charge in [-0.2, -0.15) is 0 Å². The lowest BCUT2D eigenvalue weighted by Crippen LogP contribution is -2.38. The minimum absolute atomic E-state index is 0.128. The van der Waals surface area contributed by atoms with Crippen LogP contribution < -0.4 is 0 Å². The van der Waals surface area contributed by atoms with Crippen LogP contribution in [-0.4, -0.2) is 36.2 Å². The normalized spacial score (nSPS) is 15.4. The molecule has 0 radical (unpaired) electrons. The minimum Gasteiger partial charge on any atom is -0.354 e. The molecule has 1 heterocycles. The lowest BCUT2D eigenvalue weighted by molar-refractivity contribution is -0.226. The molecular weight excluding hydrogens is 318 g/mol. The monoisotopic (exact) mass is 339 g/mol. The highest BCUT2D eigenvalue weighted by molar-refractivity contribution is 6.21. The van der Waals surface area contributed by atoms with Crippen LogP contribution >= 0.6 is 0 Å². The van der Waals surface area contributed by atoms with Crippen LogP contribution in [0.3, 0.4) is 0 Å². The van der Waals surface area contributed by atoms with Gasteiger partial charge in [-0.15, -0.1) is 0 Å². The number of carbonyl (C=O) groups excluding carboxylic acids is 2. The largest absolute Gasteiger partial charge is 0.354 e. The van der Waals surface area contributed by atoms with Crippen molar-refractivity contribution in [1.82, 2.24) is 4.90 Å². The van der Waals surface area contributed by atoms with Gasteiger partial charge in [0.15, 0.2) is 5.79 Å². The maximum atomic E-state index is 12.6. The summed E-state index contributed by atoms with van der Waals surface area (Å²) in [5, 5.41) is 0. The Balaban J connectivity index is 1.89. The number of fused-ring (bicyclic) bond motifs is 1. The molecule has 0 bridgehead atoms. The van der Waals surface area contributed by atoms with E-state index in [1.54, 1.807) is 45.2 Å². The standard InChI is InChI=1S/C20H21NO4/c1-20(2,24-3)25-17(14-9-5-4-6-10-14)13-21-18(22)15-11-7-8-12-16(15)19(21)23/h4-12,17H,13H2,1-3H3. The molecule has 0 spiro atoms. The minimum atomic E-state index is -0.848. The number of hydrogen-bond acceptors (Lipinski definition) is 4. The van der Waals surface area contributed by atoms with Gasteiger partial charge in [-0.1, -0.05) is 42.5 Å². The highest BCUT2D eigenvalue weighted by Crippen LogP contribution is 2.29. The van der Waals surface area contributed by atoms with E-state index in [1.807, 2.05) is 30.3 Å². The Morgan fingerprint density at radius 3 is 1.96 bits per heavy atom. The van der Waals surface area contributed by atoms with E-state index in [9.17, 15) is 9.59 Å². The van der Waals surface area contributed by atoms with Gasteiger partial charge in [0.05, 0.1) is 17.7 Å². The first-order chi connectivity index (χ1) is 11.9. The summed E-state index contributed by atoms with van der Waals surface area (Å²) in [6, 6.07) is 16.4. The quantitative estimate of drug-likeness (QED) is 0.598. The first-order valence-corrected chi connectivity index (χ1v) is 8.16. The number of hydrogen-bond donors (Lipinski definition) is 0. The maximum Gasteiger partial charge on any atom is 0.261 e. The number of amides is 2.